The number of hydrogen-bond acceptors (Lipinski definition) is 15. The lowest BCUT2D eigenvalue weighted by Crippen LogP contribution is -2.66. The van der Waals surface area contributed by atoms with Crippen molar-refractivity contribution in [1.82, 2.24) is 0 Å². The quantitative estimate of drug-likeness (QED) is 0.210. The third-order valence-corrected chi connectivity index (χ3v) is 14.4. The molecule has 15 nitrogen and oxygen atoms in total. The molecule has 1 aliphatic carbocycles. The van der Waals surface area contributed by atoms with Crippen molar-refractivity contribution in [2.24, 2.45) is 23.7 Å². The number of esters is 1. The van der Waals surface area contributed by atoms with Crippen molar-refractivity contribution in [3.05, 3.63) is 47.6 Å². The van der Waals surface area contributed by atoms with E-state index >= 15 is 0 Å². The molecule has 350 valence electrons. The predicted octanol–water partition coefficient (Wildman–Crippen LogP) is 4.18. The second-order valence-corrected chi connectivity index (χ2v) is 19.5. The van der Waals surface area contributed by atoms with Crippen molar-refractivity contribution in [2.75, 3.05) is 20.8 Å². The molecule has 0 amide bonds. The van der Waals surface area contributed by atoms with E-state index in [9.17, 15) is 25.2 Å². The van der Waals surface area contributed by atoms with Gasteiger partial charge < -0.3 is 67.8 Å². The van der Waals surface area contributed by atoms with Crippen LogP contribution in [0.25, 0.3) is 0 Å². The van der Waals surface area contributed by atoms with E-state index in [0.29, 0.717) is 31.3 Å². The molecule has 62 heavy (non-hydrogen) atoms. The van der Waals surface area contributed by atoms with E-state index in [-0.39, 0.29) is 43.3 Å². The predicted molar refractivity (Wildman–Crippen MR) is 224 cm³/mol. The lowest BCUT2D eigenvalue weighted by atomic mass is 9.64. The third-order valence-electron chi connectivity index (χ3n) is 14.4. The first-order valence-electron chi connectivity index (χ1n) is 22.7. The van der Waals surface area contributed by atoms with Gasteiger partial charge in [0, 0.05) is 51.7 Å². The number of carbonyl (C=O) groups is 1. The molecule has 4 N–H and O–H groups in total. The van der Waals surface area contributed by atoms with Crippen LogP contribution >= 0.6 is 0 Å². The number of aliphatic hydroxyl groups excluding tert-OH is 2. The summed E-state index contributed by atoms with van der Waals surface area (Å²) in [5.74, 6) is -2.96. The van der Waals surface area contributed by atoms with E-state index in [0.717, 1.165) is 5.57 Å². The topological polar surface area (TPSA) is 190 Å². The summed E-state index contributed by atoms with van der Waals surface area (Å²) in [6.07, 6.45) is 4.50. The van der Waals surface area contributed by atoms with E-state index in [2.05, 4.69) is 32.9 Å². The smallest absolute Gasteiger partial charge is 0.312 e. The summed E-state index contributed by atoms with van der Waals surface area (Å²) in [6.45, 7) is 15.5. The Labute approximate surface area is 366 Å². The highest BCUT2D eigenvalue weighted by atomic mass is 16.7. The van der Waals surface area contributed by atoms with Gasteiger partial charge in [-0.15, -0.1) is 0 Å². The fraction of sp³-hybridized carbons (Fsp3) is 0.809. The number of methoxy groups -OCH3 is 2. The summed E-state index contributed by atoms with van der Waals surface area (Å²) in [6, 6.07) is 0. The van der Waals surface area contributed by atoms with Gasteiger partial charge in [0.05, 0.1) is 60.9 Å². The van der Waals surface area contributed by atoms with Gasteiger partial charge in [-0.3, -0.25) is 4.79 Å². The lowest BCUT2D eigenvalue weighted by Gasteiger charge is -2.50. The van der Waals surface area contributed by atoms with Crippen LogP contribution in [0.4, 0.5) is 0 Å². The summed E-state index contributed by atoms with van der Waals surface area (Å²) in [7, 11) is 3.20. The molecule has 6 aliphatic heterocycles. The first kappa shape index (κ1) is 47.9. The zero-order valence-electron chi connectivity index (χ0n) is 38.1. The molecule has 1 saturated carbocycles. The van der Waals surface area contributed by atoms with Gasteiger partial charge in [-0.2, -0.15) is 0 Å². The van der Waals surface area contributed by atoms with Crippen molar-refractivity contribution in [3.8, 4) is 0 Å². The number of allylic oxidation sites excluding steroid dienone is 2. The van der Waals surface area contributed by atoms with Crippen molar-refractivity contribution in [2.45, 2.75) is 197 Å². The molecular weight excluding hydrogens is 805 g/mol. The standard InChI is InChI=1S/C47H72O15/c1-24(2)39-27(5)16-17-46(62-39)21-32-18-31(61-46)15-14-26(4)40(59-37-20-35(54-10)41(29(7)57-37)60-36-19-34(53-9)38(48)28(6)56-36)25(3)12-11-13-30-23-55-43-42(49)45(8,51)22-33(44(50)58-32)47(30,43)52/h11-14,16-17,24-25,27-29,31-43,48-49,51-52H,15,18-23H2,1-10H3/b12-11+,26-14+,30-13+/t25-,27-,28-,29-,31+,32-,33-,34-,35-,36-,37-,38-,39+,40-,41-,42-,43+,45+,46+,47+/m0/s1. The highest BCUT2D eigenvalue weighted by molar-refractivity contribution is 5.76. The Kier molecular flexibility index (Phi) is 14.7. The average molecular weight is 877 g/mol. The monoisotopic (exact) mass is 876 g/mol. The molecule has 7 rings (SSSR count). The van der Waals surface area contributed by atoms with Crippen LogP contribution in [0.3, 0.4) is 0 Å². The summed E-state index contributed by atoms with van der Waals surface area (Å²) >= 11 is 0. The van der Waals surface area contributed by atoms with Crippen molar-refractivity contribution < 1.29 is 72.6 Å². The molecule has 20 atom stereocenters. The third kappa shape index (κ3) is 9.58. The Morgan fingerprint density at radius 2 is 1.55 bits per heavy atom. The van der Waals surface area contributed by atoms with Crippen LogP contribution in [0.2, 0.25) is 0 Å². The van der Waals surface area contributed by atoms with Gasteiger partial charge in [-0.05, 0) is 63.7 Å². The van der Waals surface area contributed by atoms with Gasteiger partial charge >= 0.3 is 5.97 Å². The number of ether oxygens (including phenoxy) is 10. The van der Waals surface area contributed by atoms with Gasteiger partial charge in [-0.1, -0.05) is 58.1 Å². The van der Waals surface area contributed by atoms with Crippen LogP contribution in [-0.2, 0) is 52.2 Å². The highest BCUT2D eigenvalue weighted by Gasteiger charge is 2.65. The van der Waals surface area contributed by atoms with Crippen LogP contribution in [-0.4, -0.2) is 150 Å². The lowest BCUT2D eigenvalue weighted by molar-refractivity contribution is -0.318. The van der Waals surface area contributed by atoms with E-state index in [1.54, 1.807) is 27.2 Å². The van der Waals surface area contributed by atoms with Crippen LogP contribution in [0.15, 0.2) is 47.6 Å². The molecule has 15 heteroatoms. The minimum Gasteiger partial charge on any atom is -0.462 e. The van der Waals surface area contributed by atoms with Crippen molar-refractivity contribution in [3.63, 3.8) is 0 Å². The zero-order valence-corrected chi connectivity index (χ0v) is 38.1. The Balaban J connectivity index is 1.18. The largest absolute Gasteiger partial charge is 0.462 e. The van der Waals surface area contributed by atoms with Gasteiger partial charge in [0.1, 0.15) is 36.1 Å². The number of aliphatic hydroxyl groups is 4. The number of hydrogen-bond donors (Lipinski definition) is 4. The summed E-state index contributed by atoms with van der Waals surface area (Å²) in [5.41, 5.74) is -2.34. The maximum Gasteiger partial charge on any atom is 0.312 e. The maximum absolute atomic E-state index is 14.4. The van der Waals surface area contributed by atoms with Crippen LogP contribution in [0.5, 0.6) is 0 Å². The Morgan fingerprint density at radius 3 is 2.26 bits per heavy atom. The van der Waals surface area contributed by atoms with Gasteiger partial charge in [-0.25, -0.2) is 0 Å². The molecule has 4 saturated heterocycles. The van der Waals surface area contributed by atoms with Gasteiger partial charge in [0.2, 0.25) is 0 Å². The summed E-state index contributed by atoms with van der Waals surface area (Å²) in [5, 5.41) is 45.7. The number of fused-ring (bicyclic) bond motifs is 2. The molecule has 5 fully saturated rings. The maximum atomic E-state index is 14.4. The first-order valence-corrected chi connectivity index (χ1v) is 22.7. The highest BCUT2D eigenvalue weighted by Crippen LogP contribution is 2.50. The molecule has 0 radical (unpaired) electrons. The average Bonchev–Trinajstić information content (AvgIpc) is 3.56. The summed E-state index contributed by atoms with van der Waals surface area (Å²) in [4.78, 5) is 14.4. The van der Waals surface area contributed by atoms with Gasteiger partial charge in [0.15, 0.2) is 18.4 Å². The van der Waals surface area contributed by atoms with E-state index in [1.807, 2.05) is 39.0 Å². The van der Waals surface area contributed by atoms with Crippen LogP contribution < -0.4 is 0 Å². The number of carbonyl (C=O) groups excluding carboxylic acids is 1. The molecule has 2 bridgehead atoms. The minimum absolute atomic E-state index is 0.0571. The zero-order chi connectivity index (χ0) is 44.9. The molecule has 0 unspecified atom stereocenters. The molecule has 7 aliphatic rings. The Hall–Kier alpha value is -2.09. The van der Waals surface area contributed by atoms with Crippen molar-refractivity contribution >= 4 is 5.97 Å². The molecular formula is C47H72O15. The molecule has 6 heterocycles. The fourth-order valence-electron chi connectivity index (χ4n) is 10.8. The first-order chi connectivity index (χ1) is 29.3. The Bertz CT molecular complexity index is 1690. The normalized spacial score (nSPS) is 51.2. The molecule has 1 spiro atoms. The summed E-state index contributed by atoms with van der Waals surface area (Å²) < 4.78 is 63.3. The van der Waals surface area contributed by atoms with Crippen molar-refractivity contribution in [1.29, 1.82) is 0 Å². The molecule has 0 aromatic heterocycles. The Morgan fingerprint density at radius 1 is 0.855 bits per heavy atom. The fourth-order valence-corrected chi connectivity index (χ4v) is 10.8. The van der Waals surface area contributed by atoms with E-state index in [4.69, 9.17) is 47.4 Å². The molecule has 0 aromatic carbocycles. The van der Waals surface area contributed by atoms with Gasteiger partial charge in [0.25, 0.3) is 0 Å². The van der Waals surface area contributed by atoms with Crippen LogP contribution in [0, 0.1) is 23.7 Å². The SMILES string of the molecule is CO[C@H]1C[C@H](O[C@H]2[C@H](C)O[C@@H](O[C@@H]3/C(C)=C/C[C@@H]4C[C@@H](C[C@]5(C=C[C@H](C)[C@@H](C(C)C)O5)O4)OC(=O)[C@@H]4C[C@@](C)(O)[C@@H](O)[C@H]5OC/C(=C\C=C\[C@@H]3C)[C@]54O)C[C@@H]2OC)O[C@@H](C)[C@@H]1O. The second kappa shape index (κ2) is 19.0. The minimum atomic E-state index is -1.94. The molecule has 0 aromatic rings. The van der Waals surface area contributed by atoms with Crippen LogP contribution in [0.1, 0.15) is 93.9 Å². The van der Waals surface area contributed by atoms with E-state index in [1.165, 1.54) is 6.92 Å². The van der Waals surface area contributed by atoms with E-state index < -0.39 is 109 Å². The number of rotatable bonds is 7. The second-order valence-electron chi connectivity index (χ2n) is 19.5.